The van der Waals surface area contributed by atoms with E-state index in [9.17, 15) is 32.1 Å². The van der Waals surface area contributed by atoms with E-state index in [1.54, 1.807) is 0 Å². The van der Waals surface area contributed by atoms with E-state index >= 15 is 0 Å². The third-order valence-corrected chi connectivity index (χ3v) is 1.66. The van der Waals surface area contributed by atoms with Gasteiger partial charge in [0.05, 0.1) is 10.5 Å². The fourth-order valence-electron chi connectivity index (χ4n) is 1.04. The second kappa shape index (κ2) is 4.52. The molecular weight excluding hydrogens is 253 g/mol. The van der Waals surface area contributed by atoms with Gasteiger partial charge in [-0.3, -0.25) is 10.1 Å². The van der Waals surface area contributed by atoms with Gasteiger partial charge in [-0.15, -0.1) is 13.2 Å². The first-order valence-corrected chi connectivity index (χ1v) is 4.03. The van der Waals surface area contributed by atoms with Crippen LogP contribution in [0.25, 0.3) is 0 Å². The van der Waals surface area contributed by atoms with E-state index < -0.39 is 34.7 Å². The van der Waals surface area contributed by atoms with Crippen LogP contribution in [0.4, 0.5) is 27.6 Å². The van der Waals surface area contributed by atoms with Crippen LogP contribution in [0, 0.1) is 10.1 Å². The molecule has 0 heterocycles. The molecule has 0 amide bonds. The molecule has 0 bridgehead atoms. The average Bonchev–Trinajstić information content (AvgIpc) is 2.14. The summed E-state index contributed by atoms with van der Waals surface area (Å²) in [5.41, 5.74) is -1.92. The molecule has 0 saturated carbocycles. The Kier molecular flexibility index (Phi) is 3.49. The SMILES string of the molecule is O=[N+]([O-])c1ccc(OC(F)(F)F)c(C(F)F)c1. The van der Waals surface area contributed by atoms with Crippen LogP contribution in [0.1, 0.15) is 12.0 Å². The van der Waals surface area contributed by atoms with Gasteiger partial charge in [0.25, 0.3) is 12.1 Å². The van der Waals surface area contributed by atoms with Crippen LogP contribution in [0.2, 0.25) is 0 Å². The predicted octanol–water partition coefficient (Wildman–Crippen LogP) is 3.43. The van der Waals surface area contributed by atoms with Gasteiger partial charge < -0.3 is 4.74 Å². The molecule has 0 aromatic heterocycles. The lowest BCUT2D eigenvalue weighted by molar-refractivity contribution is -0.385. The number of hydrogen-bond acceptors (Lipinski definition) is 3. The van der Waals surface area contributed by atoms with Gasteiger partial charge in [0, 0.05) is 12.1 Å². The van der Waals surface area contributed by atoms with Crippen LogP contribution >= 0.6 is 0 Å². The van der Waals surface area contributed by atoms with Crippen molar-refractivity contribution in [1.82, 2.24) is 0 Å². The molecule has 0 aliphatic carbocycles. The summed E-state index contributed by atoms with van der Waals surface area (Å²) in [6.07, 6.45) is -8.45. The minimum atomic E-state index is -5.14. The lowest BCUT2D eigenvalue weighted by atomic mass is 10.2. The lowest BCUT2D eigenvalue weighted by Gasteiger charge is -2.12. The van der Waals surface area contributed by atoms with Crippen molar-refractivity contribution in [3.63, 3.8) is 0 Å². The number of benzene rings is 1. The molecule has 0 fully saturated rings. The number of alkyl halides is 5. The minimum absolute atomic E-state index is 0.339. The number of non-ortho nitro benzene ring substituents is 1. The molecule has 0 radical (unpaired) electrons. The summed E-state index contributed by atoms with van der Waals surface area (Å²) >= 11 is 0. The fraction of sp³-hybridized carbons (Fsp3) is 0.250. The lowest BCUT2D eigenvalue weighted by Crippen LogP contribution is -2.18. The van der Waals surface area contributed by atoms with E-state index in [2.05, 4.69) is 4.74 Å². The van der Waals surface area contributed by atoms with Crippen LogP contribution in [0.15, 0.2) is 18.2 Å². The van der Waals surface area contributed by atoms with E-state index in [-0.39, 0.29) is 0 Å². The highest BCUT2D eigenvalue weighted by Crippen LogP contribution is 2.35. The highest BCUT2D eigenvalue weighted by atomic mass is 19.4. The second-order valence-electron chi connectivity index (χ2n) is 2.83. The monoisotopic (exact) mass is 257 g/mol. The van der Waals surface area contributed by atoms with Crippen molar-refractivity contribution < 1.29 is 31.6 Å². The zero-order valence-corrected chi connectivity index (χ0v) is 7.87. The zero-order chi connectivity index (χ0) is 13.2. The summed E-state index contributed by atoms with van der Waals surface area (Å²) in [5, 5.41) is 10.3. The van der Waals surface area contributed by atoms with Crippen molar-refractivity contribution in [3.05, 3.63) is 33.9 Å². The van der Waals surface area contributed by atoms with Gasteiger partial charge in [0.1, 0.15) is 5.75 Å². The number of nitrogens with zero attached hydrogens (tertiary/aromatic N) is 1. The predicted molar refractivity (Wildman–Crippen MR) is 44.7 cm³/mol. The number of halogens is 5. The Labute approximate surface area is 90.8 Å². The van der Waals surface area contributed by atoms with Gasteiger partial charge in [-0.1, -0.05) is 0 Å². The van der Waals surface area contributed by atoms with Crippen LogP contribution in [-0.4, -0.2) is 11.3 Å². The average molecular weight is 257 g/mol. The largest absolute Gasteiger partial charge is 0.573 e. The van der Waals surface area contributed by atoms with E-state index in [4.69, 9.17) is 0 Å². The topological polar surface area (TPSA) is 52.4 Å². The van der Waals surface area contributed by atoms with Crippen molar-refractivity contribution in [1.29, 1.82) is 0 Å². The first-order chi connectivity index (χ1) is 7.70. The number of ether oxygens (including phenoxy) is 1. The number of rotatable bonds is 3. The van der Waals surface area contributed by atoms with E-state index in [1.807, 2.05) is 0 Å². The molecule has 94 valence electrons. The zero-order valence-electron chi connectivity index (χ0n) is 7.87. The Morgan fingerprint density at radius 3 is 2.29 bits per heavy atom. The Morgan fingerprint density at radius 2 is 1.88 bits per heavy atom. The first-order valence-electron chi connectivity index (χ1n) is 4.03. The molecule has 4 nitrogen and oxygen atoms in total. The molecule has 0 unspecified atom stereocenters. The maximum absolute atomic E-state index is 12.4. The van der Waals surface area contributed by atoms with Gasteiger partial charge in [-0.05, 0) is 6.07 Å². The molecule has 9 heteroatoms. The quantitative estimate of drug-likeness (QED) is 0.473. The fourth-order valence-corrected chi connectivity index (χ4v) is 1.04. The van der Waals surface area contributed by atoms with E-state index in [0.717, 1.165) is 0 Å². The number of hydrogen-bond donors (Lipinski definition) is 0. The minimum Gasteiger partial charge on any atom is -0.405 e. The third kappa shape index (κ3) is 3.54. The number of nitro benzene ring substituents is 1. The van der Waals surface area contributed by atoms with Crippen LogP contribution in [-0.2, 0) is 0 Å². The summed E-state index contributed by atoms with van der Waals surface area (Å²) in [7, 11) is 0. The highest BCUT2D eigenvalue weighted by molar-refractivity contribution is 5.44. The smallest absolute Gasteiger partial charge is 0.405 e. The third-order valence-electron chi connectivity index (χ3n) is 1.66. The molecule has 1 aromatic rings. The molecule has 17 heavy (non-hydrogen) atoms. The van der Waals surface area contributed by atoms with Crippen molar-refractivity contribution in [2.75, 3.05) is 0 Å². The van der Waals surface area contributed by atoms with Gasteiger partial charge in [-0.25, -0.2) is 8.78 Å². The van der Waals surface area contributed by atoms with Crippen molar-refractivity contribution in [3.8, 4) is 5.75 Å². The van der Waals surface area contributed by atoms with Gasteiger partial charge in [-0.2, -0.15) is 0 Å². The summed E-state index contributed by atoms with van der Waals surface area (Å²) < 4.78 is 63.6. The summed E-state index contributed by atoms with van der Waals surface area (Å²) in [5.74, 6) is -1.15. The van der Waals surface area contributed by atoms with Crippen molar-refractivity contribution in [2.24, 2.45) is 0 Å². The maximum Gasteiger partial charge on any atom is 0.573 e. The molecule has 0 saturated heterocycles. The highest BCUT2D eigenvalue weighted by Gasteiger charge is 2.33. The molecular formula is C8H4F5NO3. The van der Waals surface area contributed by atoms with Crippen molar-refractivity contribution in [2.45, 2.75) is 12.8 Å². The van der Waals surface area contributed by atoms with Crippen LogP contribution in [0.3, 0.4) is 0 Å². The summed E-state index contributed by atoms with van der Waals surface area (Å²) in [4.78, 5) is 9.27. The molecule has 0 aliphatic rings. The first kappa shape index (κ1) is 13.1. The summed E-state index contributed by atoms with van der Waals surface area (Å²) in [6.45, 7) is 0. The Bertz CT molecular complexity index is 432. The second-order valence-corrected chi connectivity index (χ2v) is 2.83. The van der Waals surface area contributed by atoms with Crippen LogP contribution in [0.5, 0.6) is 5.75 Å². The van der Waals surface area contributed by atoms with Crippen molar-refractivity contribution >= 4 is 5.69 Å². The summed E-state index contributed by atoms with van der Waals surface area (Å²) in [6, 6.07) is 1.46. The molecule has 0 N–H and O–H groups in total. The maximum atomic E-state index is 12.4. The number of nitro groups is 1. The van der Waals surface area contributed by atoms with E-state index in [1.165, 1.54) is 0 Å². The van der Waals surface area contributed by atoms with Gasteiger partial charge in [0.15, 0.2) is 0 Å². The molecule has 1 aromatic carbocycles. The molecule has 0 spiro atoms. The van der Waals surface area contributed by atoms with Crippen LogP contribution < -0.4 is 4.74 Å². The molecule has 0 aliphatic heterocycles. The Morgan fingerprint density at radius 1 is 1.29 bits per heavy atom. The molecule has 1 rings (SSSR count). The van der Waals surface area contributed by atoms with Gasteiger partial charge in [0.2, 0.25) is 0 Å². The Hall–Kier alpha value is -1.93. The standard InChI is InChI=1S/C8H4F5NO3/c9-7(10)5-3-4(14(15)16)1-2-6(5)17-8(11,12)13/h1-3,7H. The normalized spacial score (nSPS) is 11.6. The van der Waals surface area contributed by atoms with E-state index in [0.29, 0.717) is 18.2 Å². The molecule has 0 atom stereocenters. The Balaban J connectivity index is 3.18. The van der Waals surface area contributed by atoms with Gasteiger partial charge >= 0.3 is 6.36 Å².